The summed E-state index contributed by atoms with van der Waals surface area (Å²) < 4.78 is 0. The van der Waals surface area contributed by atoms with Gasteiger partial charge in [0.15, 0.2) is 0 Å². The third-order valence-corrected chi connectivity index (χ3v) is 2.63. The molecule has 2 rings (SSSR count). The van der Waals surface area contributed by atoms with Crippen LogP contribution in [0, 0.1) is 5.41 Å². The van der Waals surface area contributed by atoms with Crippen molar-refractivity contribution in [2.45, 2.75) is 6.42 Å². The van der Waals surface area contributed by atoms with Crippen molar-refractivity contribution in [1.82, 2.24) is 0 Å². The number of isocyanates is 3. The molecule has 6 heteroatoms. The highest BCUT2D eigenvalue weighted by Crippen LogP contribution is 2.17. The first-order valence-corrected chi connectivity index (χ1v) is 6.11. The maximum absolute atomic E-state index is 10.1. The Labute approximate surface area is 126 Å². The molecular formula is C16H11N3O3. The van der Waals surface area contributed by atoms with Gasteiger partial charge in [-0.3, -0.25) is 0 Å². The van der Waals surface area contributed by atoms with E-state index in [1.54, 1.807) is 24.3 Å². The van der Waals surface area contributed by atoms with E-state index in [1.807, 2.05) is 24.3 Å². The first-order valence-electron chi connectivity index (χ1n) is 6.11. The zero-order valence-corrected chi connectivity index (χ0v) is 11.4. The summed E-state index contributed by atoms with van der Waals surface area (Å²) >= 11 is 0. The Morgan fingerprint density at radius 1 is 0.727 bits per heavy atom. The lowest BCUT2D eigenvalue weighted by Gasteiger charge is -2.02. The molecule has 1 N–H and O–H groups in total. The minimum absolute atomic E-state index is 0.592. The van der Waals surface area contributed by atoms with E-state index in [-0.39, 0.29) is 0 Å². The normalized spacial score (nSPS) is 8.36. The Morgan fingerprint density at radius 3 is 1.32 bits per heavy atom. The average molecular weight is 293 g/mol. The fraction of sp³-hybridized carbons (Fsp3) is 0.0625. The van der Waals surface area contributed by atoms with Gasteiger partial charge in [-0.1, -0.05) is 24.3 Å². The molecule has 2 aromatic carbocycles. The highest BCUT2D eigenvalue weighted by molar-refractivity contribution is 5.51. The van der Waals surface area contributed by atoms with Crippen LogP contribution in [0.15, 0.2) is 58.5 Å². The van der Waals surface area contributed by atoms with Crippen molar-refractivity contribution < 1.29 is 14.4 Å². The topological polar surface area (TPSA) is 99.8 Å². The molecule has 2 aromatic rings. The van der Waals surface area contributed by atoms with Gasteiger partial charge in [-0.25, -0.2) is 19.8 Å². The molecule has 6 nitrogen and oxygen atoms in total. The molecule has 0 unspecified atom stereocenters. The van der Waals surface area contributed by atoms with Crippen LogP contribution in [0.5, 0.6) is 0 Å². The van der Waals surface area contributed by atoms with Crippen molar-refractivity contribution in [3.05, 3.63) is 59.7 Å². The number of nitrogens with zero attached hydrogens (tertiary/aromatic N) is 2. The van der Waals surface area contributed by atoms with E-state index in [0.29, 0.717) is 11.4 Å². The summed E-state index contributed by atoms with van der Waals surface area (Å²) in [6, 6.07) is 14.7. The minimum Gasteiger partial charge on any atom is -0.222 e. The van der Waals surface area contributed by atoms with Gasteiger partial charge in [0, 0.05) is 0 Å². The summed E-state index contributed by atoms with van der Waals surface area (Å²) in [5.74, 6) is 0. The number of nitrogens with one attached hydrogen (secondary N) is 1. The predicted molar refractivity (Wildman–Crippen MR) is 79.7 cm³/mol. The smallest absolute Gasteiger partial charge is 0.222 e. The lowest BCUT2D eigenvalue weighted by atomic mass is 10.0. The summed E-state index contributed by atoms with van der Waals surface area (Å²) in [7, 11) is 0. The minimum atomic E-state index is 0.592. The van der Waals surface area contributed by atoms with Gasteiger partial charge >= 0.3 is 0 Å². The van der Waals surface area contributed by atoms with Gasteiger partial charge in [0.05, 0.1) is 11.4 Å². The largest absolute Gasteiger partial charge is 0.240 e. The maximum atomic E-state index is 10.1. The van der Waals surface area contributed by atoms with Gasteiger partial charge < -0.3 is 0 Å². The highest BCUT2D eigenvalue weighted by Gasteiger charge is 1.97. The second kappa shape index (κ2) is 9.48. The summed E-state index contributed by atoms with van der Waals surface area (Å²) in [6.45, 7) is 0. The van der Waals surface area contributed by atoms with Crippen molar-refractivity contribution in [3.8, 4) is 0 Å². The maximum Gasteiger partial charge on any atom is 0.240 e. The van der Waals surface area contributed by atoms with Crippen molar-refractivity contribution >= 4 is 29.6 Å². The molecule has 0 spiro atoms. The fourth-order valence-corrected chi connectivity index (χ4v) is 1.72. The summed E-state index contributed by atoms with van der Waals surface area (Å²) in [5, 5.41) is 5.40. The predicted octanol–water partition coefficient (Wildman–Crippen LogP) is 3.11. The number of hydrogen-bond acceptors (Lipinski definition) is 6. The zero-order valence-electron chi connectivity index (χ0n) is 11.4. The molecule has 0 aliphatic rings. The van der Waals surface area contributed by atoms with Crippen LogP contribution in [0.4, 0.5) is 11.4 Å². The van der Waals surface area contributed by atoms with E-state index >= 15 is 0 Å². The van der Waals surface area contributed by atoms with Crippen molar-refractivity contribution in [2.24, 2.45) is 9.98 Å². The van der Waals surface area contributed by atoms with Gasteiger partial charge in [-0.2, -0.15) is 9.98 Å². The lowest BCUT2D eigenvalue weighted by Crippen LogP contribution is -1.86. The third kappa shape index (κ3) is 5.70. The van der Waals surface area contributed by atoms with Crippen LogP contribution < -0.4 is 0 Å². The average Bonchev–Trinajstić information content (AvgIpc) is 2.53. The van der Waals surface area contributed by atoms with E-state index in [9.17, 15) is 9.59 Å². The standard InChI is InChI=1S/C15H10N2O2.CHNO/c18-10-16-14-5-1-12(2-6-14)9-13-3-7-15(8-4-13)17-11-19;2-1-3/h1-8H,9H2;2H. The van der Waals surface area contributed by atoms with Crippen LogP contribution in [0.3, 0.4) is 0 Å². The quantitative estimate of drug-likeness (QED) is 0.692. The first kappa shape index (κ1) is 16.6. The van der Waals surface area contributed by atoms with Crippen LogP contribution in [0.25, 0.3) is 0 Å². The molecule has 108 valence electrons. The Balaban J connectivity index is 0.000000745. The van der Waals surface area contributed by atoms with Crippen molar-refractivity contribution in [2.75, 3.05) is 0 Å². The monoisotopic (exact) mass is 293 g/mol. The summed E-state index contributed by atoms with van der Waals surface area (Å²) in [4.78, 5) is 35.6. The lowest BCUT2D eigenvalue weighted by molar-refractivity contribution is 0.562. The van der Waals surface area contributed by atoms with Crippen LogP contribution in [0.1, 0.15) is 11.1 Å². The number of carbonyl (C=O) groups excluding carboxylic acids is 3. The van der Waals surface area contributed by atoms with Gasteiger partial charge in [0.25, 0.3) is 0 Å². The molecule has 0 saturated carbocycles. The molecule has 0 bridgehead atoms. The van der Waals surface area contributed by atoms with E-state index in [1.165, 1.54) is 12.2 Å². The molecule has 0 aliphatic heterocycles. The highest BCUT2D eigenvalue weighted by atomic mass is 16.1. The first-order chi connectivity index (χ1) is 10.7. The molecule has 0 fully saturated rings. The van der Waals surface area contributed by atoms with Crippen molar-refractivity contribution in [1.29, 1.82) is 5.41 Å². The van der Waals surface area contributed by atoms with E-state index in [4.69, 9.17) is 10.2 Å². The van der Waals surface area contributed by atoms with Crippen LogP contribution >= 0.6 is 0 Å². The Hall–Kier alpha value is -3.42. The van der Waals surface area contributed by atoms with Crippen LogP contribution in [-0.2, 0) is 20.8 Å². The number of aliphatic imine (C=N–C) groups is 2. The van der Waals surface area contributed by atoms with Gasteiger partial charge in [-0.15, -0.1) is 0 Å². The number of rotatable bonds is 4. The Kier molecular flexibility index (Phi) is 7.17. The van der Waals surface area contributed by atoms with Gasteiger partial charge in [0.1, 0.15) is 0 Å². The molecular weight excluding hydrogens is 282 g/mol. The van der Waals surface area contributed by atoms with Gasteiger partial charge in [0.2, 0.25) is 18.2 Å². The Bertz CT molecular complexity index is 674. The van der Waals surface area contributed by atoms with E-state index < -0.39 is 0 Å². The second-order valence-corrected chi connectivity index (χ2v) is 4.02. The van der Waals surface area contributed by atoms with Gasteiger partial charge in [-0.05, 0) is 41.8 Å². The summed E-state index contributed by atoms with van der Waals surface area (Å²) in [5.41, 5.74) is 3.40. The molecule has 0 aliphatic carbocycles. The molecule has 0 heterocycles. The molecule has 0 atom stereocenters. The summed E-state index contributed by atoms with van der Waals surface area (Å²) in [6.07, 6.45) is 4.52. The van der Waals surface area contributed by atoms with E-state index in [0.717, 1.165) is 23.6 Å². The molecule has 22 heavy (non-hydrogen) atoms. The van der Waals surface area contributed by atoms with Crippen molar-refractivity contribution in [3.63, 3.8) is 0 Å². The van der Waals surface area contributed by atoms with Crippen LogP contribution in [0.2, 0.25) is 0 Å². The number of hydrogen-bond donors (Lipinski definition) is 1. The second-order valence-electron chi connectivity index (χ2n) is 4.02. The SMILES string of the molecule is N=C=O.O=C=Nc1ccc(Cc2ccc(N=C=O)cc2)cc1. The zero-order chi connectivity index (χ0) is 16.2. The van der Waals surface area contributed by atoms with E-state index in [2.05, 4.69) is 9.98 Å². The molecule has 0 amide bonds. The van der Waals surface area contributed by atoms with Crippen LogP contribution in [-0.4, -0.2) is 18.2 Å². The fourth-order valence-electron chi connectivity index (χ4n) is 1.72. The molecule has 0 saturated heterocycles. The molecule has 0 aromatic heterocycles. The third-order valence-electron chi connectivity index (χ3n) is 2.63. The molecule has 0 radical (unpaired) electrons. The Morgan fingerprint density at radius 2 is 1.05 bits per heavy atom. The number of benzene rings is 2.